The summed E-state index contributed by atoms with van der Waals surface area (Å²) in [5.41, 5.74) is 3.42. The first-order valence-corrected chi connectivity index (χ1v) is 13.8. The van der Waals surface area contributed by atoms with Crippen molar-refractivity contribution < 1.29 is 14.2 Å². The lowest BCUT2D eigenvalue weighted by atomic mass is 9.97. The van der Waals surface area contributed by atoms with Gasteiger partial charge in [0, 0.05) is 49.8 Å². The van der Waals surface area contributed by atoms with Gasteiger partial charge in [-0.05, 0) is 84.2 Å². The van der Waals surface area contributed by atoms with Gasteiger partial charge in [0.1, 0.15) is 22.8 Å². The molecule has 2 aliphatic rings. The molecule has 8 nitrogen and oxygen atoms in total. The zero-order valence-corrected chi connectivity index (χ0v) is 23.6. The van der Waals surface area contributed by atoms with E-state index in [0.29, 0.717) is 25.2 Å². The van der Waals surface area contributed by atoms with Crippen LogP contribution in [0.5, 0.6) is 11.5 Å². The Morgan fingerprint density at radius 3 is 2.21 bits per heavy atom. The minimum absolute atomic E-state index is 0.344. The number of rotatable bonds is 9. The highest BCUT2D eigenvalue weighted by Gasteiger charge is 2.45. The van der Waals surface area contributed by atoms with Crippen LogP contribution in [0.25, 0.3) is 5.69 Å². The number of fused-ring (bicyclic) bond motifs is 1. The molecule has 0 radical (unpaired) electrons. The highest BCUT2D eigenvalue weighted by molar-refractivity contribution is 5.59. The zero-order chi connectivity index (χ0) is 26.9. The maximum absolute atomic E-state index is 6.24. The van der Waals surface area contributed by atoms with Gasteiger partial charge in [0.25, 0.3) is 0 Å². The molecular weight excluding hydrogens is 478 g/mol. The van der Waals surface area contributed by atoms with Crippen molar-refractivity contribution in [3.05, 3.63) is 59.7 Å². The molecule has 3 aromatic rings. The van der Waals surface area contributed by atoms with Crippen LogP contribution < -0.4 is 14.8 Å². The molecule has 1 aromatic carbocycles. The molecule has 1 N–H and O–H groups in total. The van der Waals surface area contributed by atoms with Crippen LogP contribution in [0.3, 0.4) is 0 Å². The maximum atomic E-state index is 6.24. The van der Waals surface area contributed by atoms with E-state index in [1.807, 2.05) is 44.6 Å². The average Bonchev–Trinajstić information content (AvgIpc) is 3.45. The van der Waals surface area contributed by atoms with Crippen LogP contribution in [0.1, 0.15) is 71.2 Å². The lowest BCUT2D eigenvalue weighted by molar-refractivity contribution is -0.106. The van der Waals surface area contributed by atoms with Crippen LogP contribution >= 0.6 is 0 Å². The molecule has 38 heavy (non-hydrogen) atoms. The molecule has 2 aliphatic heterocycles. The monoisotopic (exact) mass is 519 g/mol. The van der Waals surface area contributed by atoms with Gasteiger partial charge in [-0.25, -0.2) is 9.97 Å². The number of anilines is 1. The van der Waals surface area contributed by atoms with Gasteiger partial charge < -0.3 is 24.1 Å². The summed E-state index contributed by atoms with van der Waals surface area (Å²) in [4.78, 5) is 12.0. The predicted octanol–water partition coefficient (Wildman–Crippen LogP) is 5.64. The van der Waals surface area contributed by atoms with Crippen molar-refractivity contribution in [2.45, 2.75) is 78.2 Å². The second-order valence-corrected chi connectivity index (χ2v) is 11.2. The summed E-state index contributed by atoms with van der Waals surface area (Å²) in [6.07, 6.45) is 8.04. The van der Waals surface area contributed by atoms with E-state index in [1.54, 1.807) is 0 Å². The third-order valence-electron chi connectivity index (χ3n) is 7.41. The number of hydrogen-bond acceptors (Lipinski definition) is 7. The summed E-state index contributed by atoms with van der Waals surface area (Å²) in [6, 6.07) is 8.70. The Bertz CT molecular complexity index is 1220. The van der Waals surface area contributed by atoms with Crippen molar-refractivity contribution in [2.75, 3.05) is 31.6 Å². The van der Waals surface area contributed by atoms with Gasteiger partial charge in [-0.1, -0.05) is 0 Å². The molecule has 0 saturated carbocycles. The molecule has 1 saturated heterocycles. The molecule has 4 heterocycles. The first kappa shape index (κ1) is 26.5. The zero-order valence-electron chi connectivity index (χ0n) is 23.6. The first-order valence-electron chi connectivity index (χ1n) is 13.8. The molecular formula is C30H41N5O3. The lowest BCUT2D eigenvalue weighted by Gasteiger charge is -2.32. The quantitative estimate of drug-likeness (QED) is 0.392. The van der Waals surface area contributed by atoms with Crippen molar-refractivity contribution in [3.8, 4) is 17.2 Å². The number of aromatic nitrogens is 3. The Balaban J connectivity index is 1.25. The van der Waals surface area contributed by atoms with Crippen LogP contribution in [0, 0.1) is 0 Å². The van der Waals surface area contributed by atoms with Crippen LogP contribution in [-0.2, 0) is 22.5 Å². The lowest BCUT2D eigenvalue weighted by Crippen LogP contribution is -2.39. The molecule has 2 aromatic heterocycles. The molecule has 1 fully saturated rings. The SMILES string of the molecule is CCOc1cc(CN2CCC(Nc3ncc4c(n3)C(C)(C)OC4(C)C)CC2)cc(OCC)c1-n1cccc1. The molecule has 5 rings (SSSR count). The summed E-state index contributed by atoms with van der Waals surface area (Å²) in [7, 11) is 0. The molecule has 204 valence electrons. The van der Waals surface area contributed by atoms with Gasteiger partial charge in [-0.2, -0.15) is 0 Å². The molecule has 0 aliphatic carbocycles. The van der Waals surface area contributed by atoms with E-state index in [0.717, 1.165) is 60.9 Å². The number of benzene rings is 1. The van der Waals surface area contributed by atoms with Crippen molar-refractivity contribution in [3.63, 3.8) is 0 Å². The van der Waals surface area contributed by atoms with Crippen molar-refractivity contribution in [2.24, 2.45) is 0 Å². The third kappa shape index (κ3) is 5.38. The highest BCUT2D eigenvalue weighted by Crippen LogP contribution is 2.45. The van der Waals surface area contributed by atoms with Gasteiger partial charge in [-0.3, -0.25) is 4.90 Å². The Morgan fingerprint density at radius 2 is 1.61 bits per heavy atom. The van der Waals surface area contributed by atoms with E-state index < -0.39 is 5.60 Å². The van der Waals surface area contributed by atoms with Gasteiger partial charge in [-0.15, -0.1) is 0 Å². The average molecular weight is 520 g/mol. The van der Waals surface area contributed by atoms with Gasteiger partial charge in [0.15, 0.2) is 0 Å². The second-order valence-electron chi connectivity index (χ2n) is 11.2. The molecule has 8 heteroatoms. The summed E-state index contributed by atoms with van der Waals surface area (Å²) in [6.45, 7) is 16.4. The Hall–Kier alpha value is -3.10. The number of likely N-dealkylation sites (tertiary alicyclic amines) is 1. The summed E-state index contributed by atoms with van der Waals surface area (Å²) >= 11 is 0. The number of hydrogen-bond donors (Lipinski definition) is 1. The standard InChI is InChI=1S/C30H41N5O3/c1-7-36-24-17-21(18-25(37-8-2)26(24)35-13-9-10-14-35)20-34-15-11-22(12-16-34)32-28-31-19-23-27(33-28)30(5,6)38-29(23,3)4/h9-10,13-14,17-19,22H,7-8,11-12,15-16,20H2,1-6H3,(H,31,32,33). The fourth-order valence-electron chi connectivity index (χ4n) is 5.77. The van der Waals surface area contributed by atoms with Crippen LogP contribution in [0.15, 0.2) is 42.9 Å². The van der Waals surface area contributed by atoms with Crippen molar-refractivity contribution >= 4 is 5.95 Å². The summed E-state index contributed by atoms with van der Waals surface area (Å²) in [5.74, 6) is 2.40. The molecule has 0 amide bonds. The number of nitrogens with zero attached hydrogens (tertiary/aromatic N) is 4. The van der Waals surface area contributed by atoms with Gasteiger partial charge in [0.2, 0.25) is 5.95 Å². The number of ether oxygens (including phenoxy) is 3. The fraction of sp³-hybridized carbons (Fsp3) is 0.533. The van der Waals surface area contributed by atoms with Gasteiger partial charge >= 0.3 is 0 Å². The Labute approximate surface area is 226 Å². The van der Waals surface area contributed by atoms with E-state index in [-0.39, 0.29) is 5.60 Å². The molecule has 0 spiro atoms. The smallest absolute Gasteiger partial charge is 0.223 e. The molecule has 0 bridgehead atoms. The van der Waals surface area contributed by atoms with Crippen LogP contribution in [0.2, 0.25) is 0 Å². The first-order chi connectivity index (χ1) is 18.2. The van der Waals surface area contributed by atoms with Crippen molar-refractivity contribution in [1.82, 2.24) is 19.4 Å². The second kappa shape index (κ2) is 10.6. The minimum Gasteiger partial charge on any atom is -0.492 e. The minimum atomic E-state index is -0.418. The van der Waals surface area contributed by atoms with Crippen LogP contribution in [-0.4, -0.2) is 51.8 Å². The van der Waals surface area contributed by atoms with E-state index in [2.05, 4.69) is 59.6 Å². The Kier molecular flexibility index (Phi) is 7.38. The maximum Gasteiger partial charge on any atom is 0.223 e. The predicted molar refractivity (Wildman–Crippen MR) is 149 cm³/mol. The van der Waals surface area contributed by atoms with E-state index in [1.165, 1.54) is 5.56 Å². The fourth-order valence-corrected chi connectivity index (χ4v) is 5.77. The topological polar surface area (TPSA) is 73.7 Å². The number of nitrogens with one attached hydrogen (secondary N) is 1. The molecule has 0 atom stereocenters. The van der Waals surface area contributed by atoms with E-state index >= 15 is 0 Å². The van der Waals surface area contributed by atoms with E-state index in [4.69, 9.17) is 19.2 Å². The summed E-state index contributed by atoms with van der Waals surface area (Å²) < 4.78 is 20.4. The molecule has 0 unspecified atom stereocenters. The van der Waals surface area contributed by atoms with E-state index in [9.17, 15) is 0 Å². The largest absolute Gasteiger partial charge is 0.492 e. The van der Waals surface area contributed by atoms with Crippen LogP contribution in [0.4, 0.5) is 5.95 Å². The van der Waals surface area contributed by atoms with Crippen molar-refractivity contribution in [1.29, 1.82) is 0 Å². The normalized spacial score (nSPS) is 18.8. The highest BCUT2D eigenvalue weighted by atomic mass is 16.5. The Morgan fingerprint density at radius 1 is 0.974 bits per heavy atom. The summed E-state index contributed by atoms with van der Waals surface area (Å²) in [5, 5.41) is 3.59. The number of piperidine rings is 1. The third-order valence-corrected chi connectivity index (χ3v) is 7.41. The van der Waals surface area contributed by atoms with Gasteiger partial charge in [0.05, 0.1) is 24.5 Å².